The van der Waals surface area contributed by atoms with Gasteiger partial charge in [-0.3, -0.25) is 0 Å². The SMILES string of the molecule is CC(C)(C)c1cc(-n2nc3ccc(Cl)cc3n2)c(OS(=O)(=O)c2ccccc2)c(C(C)(C)C)c1. The van der Waals surface area contributed by atoms with E-state index in [4.69, 9.17) is 15.8 Å². The molecule has 6 nitrogen and oxygen atoms in total. The molecule has 0 radical (unpaired) electrons. The fraction of sp³-hybridized carbons (Fsp3) is 0.308. The van der Waals surface area contributed by atoms with Gasteiger partial charge in [-0.1, -0.05) is 77.4 Å². The summed E-state index contributed by atoms with van der Waals surface area (Å²) in [5.41, 5.74) is 2.81. The summed E-state index contributed by atoms with van der Waals surface area (Å²) in [6, 6.07) is 17.3. The van der Waals surface area contributed by atoms with E-state index in [2.05, 4.69) is 31.0 Å². The fourth-order valence-electron chi connectivity index (χ4n) is 3.58. The van der Waals surface area contributed by atoms with E-state index in [0.717, 1.165) is 11.1 Å². The molecule has 4 aromatic rings. The summed E-state index contributed by atoms with van der Waals surface area (Å²) in [7, 11) is -4.10. The monoisotopic (exact) mass is 497 g/mol. The number of rotatable bonds is 4. The lowest BCUT2D eigenvalue weighted by molar-refractivity contribution is 0.464. The Balaban J connectivity index is 2.02. The molecule has 8 heteroatoms. The molecule has 0 amide bonds. The number of aromatic nitrogens is 3. The van der Waals surface area contributed by atoms with Crippen molar-refractivity contribution in [2.45, 2.75) is 57.3 Å². The molecule has 0 N–H and O–H groups in total. The van der Waals surface area contributed by atoms with Gasteiger partial charge in [-0.15, -0.1) is 15.0 Å². The summed E-state index contributed by atoms with van der Waals surface area (Å²) in [6.45, 7) is 12.4. The van der Waals surface area contributed by atoms with Crippen LogP contribution in [0.1, 0.15) is 52.7 Å². The van der Waals surface area contributed by atoms with Crippen molar-refractivity contribution in [2.75, 3.05) is 0 Å². The number of hydrogen-bond acceptors (Lipinski definition) is 5. The van der Waals surface area contributed by atoms with Crippen molar-refractivity contribution in [3.05, 3.63) is 76.8 Å². The highest BCUT2D eigenvalue weighted by molar-refractivity contribution is 7.87. The van der Waals surface area contributed by atoms with E-state index in [1.165, 1.54) is 16.9 Å². The molecule has 0 bridgehead atoms. The Kier molecular flexibility index (Phi) is 5.98. The van der Waals surface area contributed by atoms with Crippen LogP contribution < -0.4 is 4.18 Å². The minimum absolute atomic E-state index is 0.0751. The van der Waals surface area contributed by atoms with E-state index < -0.39 is 15.5 Å². The van der Waals surface area contributed by atoms with Crippen LogP contribution >= 0.6 is 11.6 Å². The molecule has 178 valence electrons. The van der Waals surface area contributed by atoms with Crippen molar-refractivity contribution in [3.8, 4) is 11.4 Å². The van der Waals surface area contributed by atoms with Crippen LogP contribution in [0.3, 0.4) is 0 Å². The van der Waals surface area contributed by atoms with E-state index in [0.29, 0.717) is 21.7 Å². The first-order valence-electron chi connectivity index (χ1n) is 11.0. The first-order chi connectivity index (χ1) is 15.8. The van der Waals surface area contributed by atoms with E-state index in [9.17, 15) is 8.42 Å². The molecular weight excluding hydrogens is 470 g/mol. The van der Waals surface area contributed by atoms with Crippen molar-refractivity contribution in [3.63, 3.8) is 0 Å². The Bertz CT molecular complexity index is 1470. The average molecular weight is 498 g/mol. The number of hydrogen-bond donors (Lipinski definition) is 0. The van der Waals surface area contributed by atoms with Gasteiger partial charge in [0.1, 0.15) is 21.6 Å². The summed E-state index contributed by atoms with van der Waals surface area (Å²) in [5.74, 6) is 0.204. The molecule has 0 atom stereocenters. The number of benzene rings is 3. The van der Waals surface area contributed by atoms with E-state index >= 15 is 0 Å². The van der Waals surface area contributed by atoms with Crippen LogP contribution in [-0.4, -0.2) is 23.4 Å². The summed E-state index contributed by atoms with van der Waals surface area (Å²) >= 11 is 6.15. The van der Waals surface area contributed by atoms with Gasteiger partial charge in [0.25, 0.3) is 0 Å². The standard InChI is InChI=1S/C26H28ClN3O3S/c1-25(2,3)17-14-20(26(4,5)6)24(33-34(31,32)19-10-8-7-9-11-19)23(15-17)30-28-21-13-12-18(27)16-22(21)29-30/h7-16H,1-6H3. The zero-order valence-corrected chi connectivity index (χ0v) is 21.7. The number of fused-ring (bicyclic) bond motifs is 1. The molecule has 0 spiro atoms. The van der Waals surface area contributed by atoms with Gasteiger partial charge >= 0.3 is 10.1 Å². The van der Waals surface area contributed by atoms with E-state index in [1.54, 1.807) is 36.4 Å². The predicted molar refractivity (Wildman–Crippen MR) is 136 cm³/mol. The van der Waals surface area contributed by atoms with E-state index in [1.807, 2.05) is 32.9 Å². The van der Waals surface area contributed by atoms with Crippen LogP contribution in [0.5, 0.6) is 5.75 Å². The van der Waals surface area contributed by atoms with Crippen LogP contribution in [0.4, 0.5) is 0 Å². The van der Waals surface area contributed by atoms with Gasteiger partial charge in [0.15, 0.2) is 5.75 Å². The zero-order valence-electron chi connectivity index (χ0n) is 20.1. The van der Waals surface area contributed by atoms with Crippen LogP contribution in [0, 0.1) is 0 Å². The highest BCUT2D eigenvalue weighted by Gasteiger charge is 2.31. The molecule has 0 saturated heterocycles. The van der Waals surface area contributed by atoms with Gasteiger partial charge in [-0.2, -0.15) is 8.42 Å². The van der Waals surface area contributed by atoms with Gasteiger partial charge in [0.2, 0.25) is 0 Å². The first-order valence-corrected chi connectivity index (χ1v) is 12.8. The van der Waals surface area contributed by atoms with Crippen LogP contribution in [0.25, 0.3) is 16.7 Å². The van der Waals surface area contributed by atoms with Crippen LogP contribution in [0.2, 0.25) is 5.02 Å². The van der Waals surface area contributed by atoms with Crippen molar-refractivity contribution in [1.29, 1.82) is 0 Å². The molecule has 1 aromatic heterocycles. The number of halogens is 1. The van der Waals surface area contributed by atoms with Gasteiger partial charge in [0.05, 0.1) is 0 Å². The van der Waals surface area contributed by atoms with Gasteiger partial charge in [-0.05, 0) is 52.8 Å². The predicted octanol–water partition coefficient (Wildman–Crippen LogP) is 6.44. The third-order valence-corrected chi connectivity index (χ3v) is 7.00. The summed E-state index contributed by atoms with van der Waals surface area (Å²) in [4.78, 5) is 1.51. The maximum Gasteiger partial charge on any atom is 0.339 e. The molecule has 0 aliphatic heterocycles. The maximum absolute atomic E-state index is 13.3. The highest BCUT2D eigenvalue weighted by atomic mass is 35.5. The molecule has 0 fully saturated rings. The minimum Gasteiger partial charge on any atom is -0.376 e. The molecule has 0 saturated carbocycles. The normalized spacial score (nSPS) is 12.8. The summed E-state index contributed by atoms with van der Waals surface area (Å²) in [6.07, 6.45) is 0. The molecule has 4 rings (SSSR count). The molecule has 34 heavy (non-hydrogen) atoms. The lowest BCUT2D eigenvalue weighted by atomic mass is 9.80. The van der Waals surface area contributed by atoms with Gasteiger partial charge < -0.3 is 4.18 Å². The Morgan fingerprint density at radius 3 is 2.09 bits per heavy atom. The third kappa shape index (κ3) is 4.81. The summed E-state index contributed by atoms with van der Waals surface area (Å²) < 4.78 is 32.4. The lowest BCUT2D eigenvalue weighted by Crippen LogP contribution is -2.22. The highest BCUT2D eigenvalue weighted by Crippen LogP contribution is 2.41. The van der Waals surface area contributed by atoms with Crippen molar-refractivity contribution < 1.29 is 12.6 Å². The van der Waals surface area contributed by atoms with Crippen molar-refractivity contribution in [2.24, 2.45) is 0 Å². The molecule has 0 unspecified atom stereocenters. The summed E-state index contributed by atoms with van der Waals surface area (Å²) in [5, 5.41) is 9.75. The second-order valence-electron chi connectivity index (χ2n) is 10.3. The molecule has 0 aliphatic rings. The second kappa shape index (κ2) is 8.40. The average Bonchev–Trinajstić information content (AvgIpc) is 3.15. The smallest absolute Gasteiger partial charge is 0.339 e. The quantitative estimate of drug-likeness (QED) is 0.303. The molecular formula is C26H28ClN3O3S. The Labute approximate surface area is 205 Å². The van der Waals surface area contributed by atoms with Gasteiger partial charge in [0, 0.05) is 10.6 Å². The van der Waals surface area contributed by atoms with E-state index in [-0.39, 0.29) is 16.1 Å². The molecule has 1 heterocycles. The van der Waals surface area contributed by atoms with Crippen molar-refractivity contribution >= 4 is 32.8 Å². The minimum atomic E-state index is -4.10. The van der Waals surface area contributed by atoms with Gasteiger partial charge in [-0.25, -0.2) is 0 Å². The van der Waals surface area contributed by atoms with Crippen LogP contribution in [0.15, 0.2) is 65.6 Å². The second-order valence-corrected chi connectivity index (χ2v) is 12.3. The topological polar surface area (TPSA) is 74.1 Å². The molecule has 0 aliphatic carbocycles. The maximum atomic E-state index is 13.3. The Hall–Kier alpha value is -2.90. The van der Waals surface area contributed by atoms with Crippen LogP contribution in [-0.2, 0) is 20.9 Å². The van der Waals surface area contributed by atoms with Crippen molar-refractivity contribution in [1.82, 2.24) is 15.0 Å². The largest absolute Gasteiger partial charge is 0.376 e. The Morgan fingerprint density at radius 2 is 1.47 bits per heavy atom. The Morgan fingerprint density at radius 1 is 0.824 bits per heavy atom. The lowest BCUT2D eigenvalue weighted by Gasteiger charge is -2.28. The fourth-order valence-corrected chi connectivity index (χ4v) is 4.73. The third-order valence-electron chi connectivity index (χ3n) is 5.53. The zero-order chi connectivity index (χ0) is 24.9. The number of nitrogens with zero attached hydrogens (tertiary/aromatic N) is 3. The first kappa shape index (κ1) is 24.2. The molecule has 3 aromatic carbocycles.